The van der Waals surface area contributed by atoms with Gasteiger partial charge in [0.1, 0.15) is 6.10 Å². The van der Waals surface area contributed by atoms with E-state index in [1.54, 1.807) is 11.3 Å². The smallest absolute Gasteiger partial charge is 0.166 e. The Labute approximate surface area is 88.9 Å². The molecule has 78 valence electrons. The lowest BCUT2D eigenvalue weighted by atomic mass is 10.1. The van der Waals surface area contributed by atoms with Crippen LogP contribution in [-0.4, -0.2) is 12.4 Å². The highest BCUT2D eigenvalue weighted by atomic mass is 32.1. The number of hydrogen-bond donors (Lipinski definition) is 0. The second-order valence-corrected chi connectivity index (χ2v) is 3.89. The van der Waals surface area contributed by atoms with Crippen molar-refractivity contribution in [3.63, 3.8) is 0 Å². The van der Waals surface area contributed by atoms with Crippen molar-refractivity contribution < 1.29 is 9.53 Å². The van der Waals surface area contributed by atoms with Crippen molar-refractivity contribution in [1.82, 2.24) is 0 Å². The van der Waals surface area contributed by atoms with E-state index in [1.807, 2.05) is 30.7 Å². The molecule has 0 amide bonds. The molecule has 2 nitrogen and oxygen atoms in total. The molecule has 3 heteroatoms. The van der Waals surface area contributed by atoms with Gasteiger partial charge < -0.3 is 4.74 Å². The molecule has 0 aliphatic rings. The van der Waals surface area contributed by atoms with Crippen LogP contribution < -0.4 is 0 Å². The molecule has 0 N–H and O–H groups in total. The first kappa shape index (κ1) is 11.4. The van der Waals surface area contributed by atoms with Gasteiger partial charge in [0, 0.05) is 13.0 Å². The Bertz CT molecular complexity index is 267. The van der Waals surface area contributed by atoms with Crippen LogP contribution in [0.1, 0.15) is 38.4 Å². The summed E-state index contributed by atoms with van der Waals surface area (Å²) in [5.41, 5.74) is 0.996. The van der Waals surface area contributed by atoms with E-state index in [1.165, 1.54) is 0 Å². The number of thiophene rings is 1. The topological polar surface area (TPSA) is 26.3 Å². The number of rotatable bonds is 6. The van der Waals surface area contributed by atoms with E-state index in [2.05, 4.69) is 0 Å². The molecule has 0 radical (unpaired) electrons. The van der Waals surface area contributed by atoms with Gasteiger partial charge in [0.25, 0.3) is 0 Å². The summed E-state index contributed by atoms with van der Waals surface area (Å²) < 4.78 is 5.46. The third kappa shape index (κ3) is 2.93. The molecule has 0 aliphatic carbocycles. The highest BCUT2D eigenvalue weighted by Crippen LogP contribution is 2.22. The maximum atomic E-state index is 11.7. The Hall–Kier alpha value is -0.670. The Morgan fingerprint density at radius 3 is 2.86 bits per heavy atom. The molecule has 0 saturated heterocycles. The summed E-state index contributed by atoms with van der Waals surface area (Å²) in [7, 11) is 0. The van der Waals surface area contributed by atoms with E-state index in [9.17, 15) is 4.79 Å². The van der Waals surface area contributed by atoms with Crippen LogP contribution in [0.2, 0.25) is 0 Å². The Morgan fingerprint density at radius 2 is 2.36 bits per heavy atom. The summed E-state index contributed by atoms with van der Waals surface area (Å²) in [5, 5.41) is 3.95. The van der Waals surface area contributed by atoms with Crippen molar-refractivity contribution in [2.45, 2.75) is 32.8 Å². The zero-order chi connectivity index (χ0) is 10.4. The van der Waals surface area contributed by atoms with E-state index in [-0.39, 0.29) is 11.9 Å². The third-order valence-electron chi connectivity index (χ3n) is 1.97. The van der Waals surface area contributed by atoms with Gasteiger partial charge in [-0.05, 0) is 35.7 Å². The normalized spacial score (nSPS) is 12.7. The molecule has 0 fully saturated rings. The molecule has 0 bridgehead atoms. The number of hydrogen-bond acceptors (Lipinski definition) is 3. The van der Waals surface area contributed by atoms with Crippen LogP contribution in [0.5, 0.6) is 0 Å². The van der Waals surface area contributed by atoms with Crippen molar-refractivity contribution in [2.75, 3.05) is 6.61 Å². The molecular weight excluding hydrogens is 196 g/mol. The maximum Gasteiger partial charge on any atom is 0.166 e. The van der Waals surface area contributed by atoms with Gasteiger partial charge in [-0.2, -0.15) is 11.3 Å². The van der Waals surface area contributed by atoms with Gasteiger partial charge in [-0.25, -0.2) is 0 Å². The van der Waals surface area contributed by atoms with Crippen LogP contribution in [0.3, 0.4) is 0 Å². The van der Waals surface area contributed by atoms with Crippen LogP contribution in [0, 0.1) is 0 Å². The van der Waals surface area contributed by atoms with Crippen LogP contribution in [0.25, 0.3) is 0 Å². The summed E-state index contributed by atoms with van der Waals surface area (Å²) in [4.78, 5) is 11.7. The van der Waals surface area contributed by atoms with Gasteiger partial charge in [-0.1, -0.05) is 6.92 Å². The summed E-state index contributed by atoms with van der Waals surface area (Å²) in [6.07, 6.45) is 1.14. The molecule has 0 aliphatic heterocycles. The first-order valence-corrected chi connectivity index (χ1v) is 5.90. The first-order chi connectivity index (χ1) is 6.79. The van der Waals surface area contributed by atoms with Crippen molar-refractivity contribution in [3.8, 4) is 0 Å². The van der Waals surface area contributed by atoms with E-state index in [4.69, 9.17) is 4.74 Å². The van der Waals surface area contributed by atoms with E-state index >= 15 is 0 Å². The Kier molecular flexibility index (Phi) is 4.84. The van der Waals surface area contributed by atoms with Crippen LogP contribution in [-0.2, 0) is 9.53 Å². The van der Waals surface area contributed by atoms with E-state index < -0.39 is 0 Å². The summed E-state index contributed by atoms with van der Waals surface area (Å²) in [6.45, 7) is 4.50. The minimum atomic E-state index is -0.341. The number of carbonyl (C=O) groups excluding carboxylic acids is 1. The highest BCUT2D eigenvalue weighted by Gasteiger charge is 2.19. The van der Waals surface area contributed by atoms with Crippen molar-refractivity contribution in [3.05, 3.63) is 22.4 Å². The zero-order valence-electron chi connectivity index (χ0n) is 8.66. The number of ketones is 1. The van der Waals surface area contributed by atoms with Gasteiger partial charge in [0.05, 0.1) is 0 Å². The van der Waals surface area contributed by atoms with Gasteiger partial charge in [0.2, 0.25) is 0 Å². The molecule has 14 heavy (non-hydrogen) atoms. The standard InChI is InChI=1S/C11H16O2S/c1-3-5-10(12)11(13-4-2)9-6-7-14-8-9/h6-8,11H,3-5H2,1-2H3. The maximum absolute atomic E-state index is 11.7. The fourth-order valence-electron chi connectivity index (χ4n) is 1.34. The molecule has 0 spiro atoms. The van der Waals surface area contributed by atoms with Gasteiger partial charge in [0.15, 0.2) is 5.78 Å². The van der Waals surface area contributed by atoms with Crippen LogP contribution in [0.15, 0.2) is 16.8 Å². The Balaban J connectivity index is 2.69. The third-order valence-corrected chi connectivity index (χ3v) is 2.67. The minimum Gasteiger partial charge on any atom is -0.366 e. The fourth-order valence-corrected chi connectivity index (χ4v) is 2.02. The predicted octanol–water partition coefficient (Wildman–Crippen LogP) is 3.19. The summed E-state index contributed by atoms with van der Waals surface area (Å²) in [5.74, 6) is 0.188. The van der Waals surface area contributed by atoms with Crippen molar-refractivity contribution in [2.24, 2.45) is 0 Å². The number of Topliss-reactive ketones (excluding diaryl/α,β-unsaturated/α-hetero) is 1. The molecule has 1 heterocycles. The molecule has 0 aromatic carbocycles. The van der Waals surface area contributed by atoms with E-state index in [0.717, 1.165) is 12.0 Å². The number of carbonyl (C=O) groups is 1. The Morgan fingerprint density at radius 1 is 1.57 bits per heavy atom. The predicted molar refractivity (Wildman–Crippen MR) is 58.6 cm³/mol. The highest BCUT2D eigenvalue weighted by molar-refractivity contribution is 7.08. The van der Waals surface area contributed by atoms with Crippen molar-refractivity contribution in [1.29, 1.82) is 0 Å². The summed E-state index contributed by atoms with van der Waals surface area (Å²) in [6, 6.07) is 1.96. The average molecular weight is 212 g/mol. The van der Waals surface area contributed by atoms with Gasteiger partial charge in [-0.15, -0.1) is 0 Å². The molecule has 1 unspecified atom stereocenters. The molecule has 1 aromatic rings. The lowest BCUT2D eigenvalue weighted by Gasteiger charge is -2.13. The molecule has 1 rings (SSSR count). The second kappa shape index (κ2) is 5.94. The lowest BCUT2D eigenvalue weighted by molar-refractivity contribution is -0.130. The van der Waals surface area contributed by atoms with Crippen LogP contribution in [0.4, 0.5) is 0 Å². The first-order valence-electron chi connectivity index (χ1n) is 4.96. The van der Waals surface area contributed by atoms with Gasteiger partial charge >= 0.3 is 0 Å². The minimum absolute atomic E-state index is 0.188. The second-order valence-electron chi connectivity index (χ2n) is 3.11. The zero-order valence-corrected chi connectivity index (χ0v) is 9.47. The monoisotopic (exact) mass is 212 g/mol. The molecule has 1 atom stereocenters. The average Bonchev–Trinajstić information content (AvgIpc) is 2.67. The quantitative estimate of drug-likeness (QED) is 0.724. The summed E-state index contributed by atoms with van der Waals surface area (Å²) >= 11 is 1.60. The van der Waals surface area contributed by atoms with E-state index in [0.29, 0.717) is 13.0 Å². The molecule has 1 aromatic heterocycles. The van der Waals surface area contributed by atoms with Crippen molar-refractivity contribution >= 4 is 17.1 Å². The lowest BCUT2D eigenvalue weighted by Crippen LogP contribution is -2.15. The molecule has 0 saturated carbocycles. The number of ether oxygens (including phenoxy) is 1. The molecular formula is C11H16O2S. The fraction of sp³-hybridized carbons (Fsp3) is 0.545. The largest absolute Gasteiger partial charge is 0.366 e. The SMILES string of the molecule is CCCC(=O)C(OCC)c1ccsc1. The van der Waals surface area contributed by atoms with Gasteiger partial charge in [-0.3, -0.25) is 4.79 Å². The van der Waals surface area contributed by atoms with Crippen LogP contribution >= 0.6 is 11.3 Å².